The van der Waals surface area contributed by atoms with Crippen LogP contribution in [0.15, 0.2) is 18.2 Å². The molecule has 0 amide bonds. The molecule has 0 aliphatic carbocycles. The molecule has 3 nitrogen and oxygen atoms in total. The fourth-order valence-corrected chi connectivity index (χ4v) is 3.12. The predicted octanol–water partition coefficient (Wildman–Crippen LogP) is 3.53. The highest BCUT2D eigenvalue weighted by Crippen LogP contribution is 2.34. The van der Waals surface area contributed by atoms with Gasteiger partial charge in [-0.1, -0.05) is 12.8 Å². The van der Waals surface area contributed by atoms with Gasteiger partial charge in [-0.15, -0.1) is 0 Å². The largest absolute Gasteiger partial charge is 0.481 e. The van der Waals surface area contributed by atoms with Crippen molar-refractivity contribution in [1.82, 2.24) is 4.90 Å². The molecule has 116 valence electrons. The molecule has 1 aromatic carbocycles. The van der Waals surface area contributed by atoms with Gasteiger partial charge in [-0.05, 0) is 50.6 Å². The van der Waals surface area contributed by atoms with E-state index in [2.05, 4.69) is 4.90 Å². The zero-order valence-electron chi connectivity index (χ0n) is 12.2. The molecule has 0 radical (unpaired) electrons. The molecule has 1 aliphatic rings. The Balaban J connectivity index is 2.41. The van der Waals surface area contributed by atoms with Crippen LogP contribution in [0.3, 0.4) is 0 Å². The summed E-state index contributed by atoms with van der Waals surface area (Å²) in [6.45, 7) is 3.27. The second-order valence-electron chi connectivity index (χ2n) is 5.90. The Labute approximate surface area is 123 Å². The van der Waals surface area contributed by atoms with E-state index in [1.54, 1.807) is 6.92 Å². The normalized spacial score (nSPS) is 19.8. The summed E-state index contributed by atoms with van der Waals surface area (Å²) in [4.78, 5) is 13.3. The van der Waals surface area contributed by atoms with Crippen molar-refractivity contribution in [3.05, 3.63) is 35.4 Å². The van der Waals surface area contributed by atoms with Crippen molar-refractivity contribution in [3.8, 4) is 0 Å². The van der Waals surface area contributed by atoms with Crippen molar-refractivity contribution in [3.63, 3.8) is 0 Å². The Bertz CT molecular complexity index is 493. The van der Waals surface area contributed by atoms with E-state index in [0.29, 0.717) is 5.56 Å². The van der Waals surface area contributed by atoms with Crippen LogP contribution in [0.4, 0.5) is 8.78 Å². The van der Waals surface area contributed by atoms with Gasteiger partial charge in [0, 0.05) is 6.07 Å². The van der Waals surface area contributed by atoms with Crippen LogP contribution < -0.4 is 0 Å². The molecule has 0 aromatic heterocycles. The summed E-state index contributed by atoms with van der Waals surface area (Å²) in [5.41, 5.74) is -0.497. The topological polar surface area (TPSA) is 40.5 Å². The smallest absolute Gasteiger partial charge is 0.305 e. The van der Waals surface area contributed by atoms with Crippen molar-refractivity contribution in [1.29, 1.82) is 0 Å². The highest BCUT2D eigenvalue weighted by atomic mass is 19.1. The molecule has 1 aliphatic heterocycles. The van der Waals surface area contributed by atoms with Gasteiger partial charge in [0.25, 0.3) is 0 Å². The van der Waals surface area contributed by atoms with E-state index in [9.17, 15) is 18.7 Å². The molecule has 21 heavy (non-hydrogen) atoms. The Morgan fingerprint density at radius 3 is 2.14 bits per heavy atom. The molecule has 1 atom stereocenters. The number of halogens is 2. The monoisotopic (exact) mass is 297 g/mol. The quantitative estimate of drug-likeness (QED) is 0.924. The minimum absolute atomic E-state index is 0.171. The van der Waals surface area contributed by atoms with Crippen LogP contribution in [0.2, 0.25) is 0 Å². The fraction of sp³-hybridized carbons (Fsp3) is 0.562. The summed E-state index contributed by atoms with van der Waals surface area (Å²) in [7, 11) is 0. The second kappa shape index (κ2) is 6.52. The van der Waals surface area contributed by atoms with Gasteiger partial charge in [-0.3, -0.25) is 9.69 Å². The average Bonchev–Trinajstić information content (AvgIpc) is 2.65. The first-order chi connectivity index (χ1) is 9.91. The lowest BCUT2D eigenvalue weighted by molar-refractivity contribution is -0.140. The maximum absolute atomic E-state index is 13.5. The van der Waals surface area contributed by atoms with Crippen LogP contribution in [0, 0.1) is 11.6 Å². The van der Waals surface area contributed by atoms with Crippen molar-refractivity contribution >= 4 is 5.97 Å². The number of rotatable bonds is 4. The molecule has 1 unspecified atom stereocenters. The summed E-state index contributed by atoms with van der Waals surface area (Å²) < 4.78 is 27.1. The molecule has 1 fully saturated rings. The Morgan fingerprint density at radius 1 is 1.14 bits per heavy atom. The van der Waals surface area contributed by atoms with E-state index in [1.807, 2.05) is 0 Å². The number of carbonyl (C=O) groups is 1. The maximum atomic E-state index is 13.5. The molecule has 0 bridgehead atoms. The molecular formula is C16H21F2NO2. The van der Waals surface area contributed by atoms with Crippen LogP contribution in [0.25, 0.3) is 0 Å². The van der Waals surface area contributed by atoms with Gasteiger partial charge in [0.05, 0.1) is 12.0 Å². The maximum Gasteiger partial charge on any atom is 0.305 e. The SMILES string of the molecule is CC(CC(=O)O)(c1cc(F)cc(F)c1)N1CCCCCC1. The lowest BCUT2D eigenvalue weighted by atomic mass is 9.86. The van der Waals surface area contributed by atoms with Crippen molar-refractivity contribution in [2.45, 2.75) is 44.6 Å². The number of aliphatic carboxylic acids is 1. The molecular weight excluding hydrogens is 276 g/mol. The van der Waals surface area contributed by atoms with E-state index in [4.69, 9.17) is 0 Å². The number of carboxylic acid groups (broad SMARTS) is 1. The Morgan fingerprint density at radius 2 is 1.67 bits per heavy atom. The van der Waals surface area contributed by atoms with Crippen LogP contribution in [-0.2, 0) is 10.3 Å². The first-order valence-electron chi connectivity index (χ1n) is 7.35. The molecule has 5 heteroatoms. The molecule has 1 heterocycles. The van der Waals surface area contributed by atoms with E-state index >= 15 is 0 Å². The molecule has 1 aromatic rings. The summed E-state index contributed by atoms with van der Waals surface area (Å²) in [5, 5.41) is 9.24. The lowest BCUT2D eigenvalue weighted by Crippen LogP contribution is -2.46. The van der Waals surface area contributed by atoms with Gasteiger partial charge < -0.3 is 5.11 Å². The van der Waals surface area contributed by atoms with Gasteiger partial charge in [-0.2, -0.15) is 0 Å². The van der Waals surface area contributed by atoms with Gasteiger partial charge in [0.2, 0.25) is 0 Å². The fourth-order valence-electron chi connectivity index (χ4n) is 3.12. The molecule has 0 saturated carbocycles. The summed E-state index contributed by atoms with van der Waals surface area (Å²) in [6, 6.07) is 3.31. The Kier molecular flexibility index (Phi) is 4.93. The zero-order valence-corrected chi connectivity index (χ0v) is 12.2. The first kappa shape index (κ1) is 15.9. The minimum atomic E-state index is -0.966. The highest BCUT2D eigenvalue weighted by Gasteiger charge is 2.36. The molecule has 2 rings (SSSR count). The summed E-state index contributed by atoms with van der Waals surface area (Å²) in [6.07, 6.45) is 4.00. The minimum Gasteiger partial charge on any atom is -0.481 e. The zero-order chi connectivity index (χ0) is 15.5. The summed E-state index contributed by atoms with van der Waals surface area (Å²) >= 11 is 0. The summed E-state index contributed by atoms with van der Waals surface area (Å²) in [5.74, 6) is -2.31. The predicted molar refractivity (Wildman–Crippen MR) is 76.0 cm³/mol. The number of benzene rings is 1. The van der Waals surface area contributed by atoms with E-state index in [1.165, 1.54) is 12.1 Å². The molecule has 0 spiro atoms. The van der Waals surface area contributed by atoms with Crippen molar-refractivity contribution < 1.29 is 18.7 Å². The van der Waals surface area contributed by atoms with Gasteiger partial charge in [0.1, 0.15) is 11.6 Å². The van der Waals surface area contributed by atoms with Crippen LogP contribution >= 0.6 is 0 Å². The third-order valence-electron chi connectivity index (χ3n) is 4.28. The number of nitrogens with zero attached hydrogens (tertiary/aromatic N) is 1. The number of likely N-dealkylation sites (tertiary alicyclic amines) is 1. The average molecular weight is 297 g/mol. The second-order valence-corrected chi connectivity index (χ2v) is 5.90. The highest BCUT2D eigenvalue weighted by molar-refractivity contribution is 5.68. The molecule has 1 N–H and O–H groups in total. The van der Waals surface area contributed by atoms with Crippen molar-refractivity contribution in [2.24, 2.45) is 0 Å². The van der Waals surface area contributed by atoms with E-state index in [0.717, 1.165) is 44.8 Å². The van der Waals surface area contributed by atoms with Gasteiger partial charge in [-0.25, -0.2) is 8.78 Å². The van der Waals surface area contributed by atoms with E-state index < -0.39 is 23.1 Å². The first-order valence-corrected chi connectivity index (χ1v) is 7.35. The van der Waals surface area contributed by atoms with Crippen molar-refractivity contribution in [2.75, 3.05) is 13.1 Å². The van der Waals surface area contributed by atoms with Crippen LogP contribution in [0.5, 0.6) is 0 Å². The lowest BCUT2D eigenvalue weighted by Gasteiger charge is -2.40. The third kappa shape index (κ3) is 3.79. The Hall–Kier alpha value is -1.49. The standard InChI is InChI=1S/C16H21F2NO2/c1-16(11-15(20)21,19-6-4-2-3-5-7-19)12-8-13(17)10-14(18)9-12/h8-10H,2-7,11H2,1H3,(H,20,21). The molecule has 1 saturated heterocycles. The van der Waals surface area contributed by atoms with Crippen LogP contribution in [-0.4, -0.2) is 29.1 Å². The third-order valence-corrected chi connectivity index (χ3v) is 4.28. The number of hydrogen-bond donors (Lipinski definition) is 1. The van der Waals surface area contributed by atoms with Gasteiger partial charge >= 0.3 is 5.97 Å². The van der Waals surface area contributed by atoms with Gasteiger partial charge in [0.15, 0.2) is 0 Å². The number of hydrogen-bond acceptors (Lipinski definition) is 2. The van der Waals surface area contributed by atoms with E-state index in [-0.39, 0.29) is 6.42 Å². The van der Waals surface area contributed by atoms with Crippen LogP contribution in [0.1, 0.15) is 44.6 Å². The number of carboxylic acids is 1.